The van der Waals surface area contributed by atoms with Gasteiger partial charge in [0.05, 0.1) is 5.56 Å². The lowest BCUT2D eigenvalue weighted by Crippen LogP contribution is -2.31. The highest BCUT2D eigenvalue weighted by molar-refractivity contribution is 7.90. The Balaban J connectivity index is 1.93. The highest BCUT2D eigenvalue weighted by atomic mass is 32.2. The summed E-state index contributed by atoms with van der Waals surface area (Å²) in [4.78, 5) is 13.2. The van der Waals surface area contributed by atoms with Gasteiger partial charge < -0.3 is 5.73 Å². The van der Waals surface area contributed by atoms with Crippen LogP contribution >= 0.6 is 11.3 Å². The number of nitrogens with zero attached hydrogens (tertiary/aromatic N) is 1. The molecule has 104 valence electrons. The number of rotatable bonds is 3. The molecule has 0 spiro atoms. The van der Waals surface area contributed by atoms with Crippen molar-refractivity contribution in [3.8, 4) is 0 Å². The summed E-state index contributed by atoms with van der Waals surface area (Å²) < 4.78 is 25.6. The summed E-state index contributed by atoms with van der Waals surface area (Å²) in [5, 5.41) is 1.92. The van der Waals surface area contributed by atoms with Crippen LogP contribution in [0.1, 0.15) is 15.2 Å². The van der Waals surface area contributed by atoms with Crippen molar-refractivity contribution in [2.24, 2.45) is 0 Å². The molecule has 1 aromatic carbocycles. The third-order valence-electron chi connectivity index (χ3n) is 3.17. The first-order valence-corrected chi connectivity index (χ1v) is 8.31. The van der Waals surface area contributed by atoms with Crippen LogP contribution in [0.25, 0.3) is 0 Å². The van der Waals surface area contributed by atoms with Crippen LogP contribution in [-0.4, -0.2) is 25.2 Å². The molecule has 0 unspecified atom stereocenters. The largest absolute Gasteiger partial charge is 0.399 e. The van der Waals surface area contributed by atoms with E-state index in [0.717, 1.165) is 9.18 Å². The number of nitrogens with two attached hydrogens (primary N) is 1. The SMILES string of the molecule is Nc1ccc2c(c1)S(=O)(=O)N(CCc1cccs1)C2=O. The average molecular weight is 308 g/mol. The van der Waals surface area contributed by atoms with Gasteiger partial charge in [0, 0.05) is 23.5 Å². The van der Waals surface area contributed by atoms with E-state index in [1.165, 1.54) is 18.2 Å². The Morgan fingerprint density at radius 3 is 2.75 bits per heavy atom. The normalized spacial score (nSPS) is 16.4. The quantitative estimate of drug-likeness (QED) is 0.875. The Labute approximate surface area is 120 Å². The van der Waals surface area contributed by atoms with Gasteiger partial charge in [-0.25, -0.2) is 12.7 Å². The van der Waals surface area contributed by atoms with Crippen LogP contribution in [0.15, 0.2) is 40.6 Å². The first kappa shape index (κ1) is 13.1. The Morgan fingerprint density at radius 1 is 1.25 bits per heavy atom. The van der Waals surface area contributed by atoms with Crippen LogP contribution in [0.3, 0.4) is 0 Å². The molecule has 0 fully saturated rings. The summed E-state index contributed by atoms with van der Waals surface area (Å²) in [6.45, 7) is 0.149. The molecule has 3 rings (SSSR count). The topological polar surface area (TPSA) is 80.5 Å². The Kier molecular flexibility index (Phi) is 3.02. The van der Waals surface area contributed by atoms with Gasteiger partial charge in [-0.1, -0.05) is 6.07 Å². The van der Waals surface area contributed by atoms with Crippen molar-refractivity contribution in [3.63, 3.8) is 0 Å². The lowest BCUT2D eigenvalue weighted by molar-refractivity contribution is 0.0872. The number of hydrogen-bond donors (Lipinski definition) is 1. The van der Waals surface area contributed by atoms with Crippen molar-refractivity contribution < 1.29 is 13.2 Å². The smallest absolute Gasteiger partial charge is 0.269 e. The van der Waals surface area contributed by atoms with Crippen LogP contribution in [0.5, 0.6) is 0 Å². The van der Waals surface area contributed by atoms with E-state index in [-0.39, 0.29) is 17.0 Å². The zero-order valence-electron chi connectivity index (χ0n) is 10.4. The van der Waals surface area contributed by atoms with Gasteiger partial charge >= 0.3 is 0 Å². The molecule has 0 atom stereocenters. The van der Waals surface area contributed by atoms with Gasteiger partial charge in [-0.2, -0.15) is 0 Å². The third-order valence-corrected chi connectivity index (χ3v) is 5.93. The van der Waals surface area contributed by atoms with Crippen LogP contribution in [-0.2, 0) is 16.4 Å². The van der Waals surface area contributed by atoms with Gasteiger partial charge in [-0.15, -0.1) is 11.3 Å². The summed E-state index contributed by atoms with van der Waals surface area (Å²) in [6.07, 6.45) is 0.520. The lowest BCUT2D eigenvalue weighted by atomic mass is 10.2. The minimum atomic E-state index is -3.76. The zero-order chi connectivity index (χ0) is 14.3. The average Bonchev–Trinajstić information content (AvgIpc) is 2.96. The Bertz CT molecular complexity index is 767. The number of fused-ring (bicyclic) bond motifs is 1. The zero-order valence-corrected chi connectivity index (χ0v) is 12.1. The van der Waals surface area contributed by atoms with Gasteiger partial charge in [0.1, 0.15) is 4.90 Å². The lowest BCUT2D eigenvalue weighted by Gasteiger charge is -2.14. The molecule has 0 radical (unpaired) electrons. The highest BCUT2D eigenvalue weighted by Gasteiger charge is 2.40. The van der Waals surface area contributed by atoms with Crippen LogP contribution in [0, 0.1) is 0 Å². The molecule has 0 bridgehead atoms. The molecule has 1 aromatic heterocycles. The van der Waals surface area contributed by atoms with Gasteiger partial charge in [0.2, 0.25) is 0 Å². The fraction of sp³-hybridized carbons (Fsp3) is 0.154. The number of anilines is 1. The first-order valence-electron chi connectivity index (χ1n) is 5.99. The second kappa shape index (κ2) is 4.60. The third kappa shape index (κ3) is 1.99. The number of carbonyl (C=O) groups is 1. The number of thiophene rings is 1. The van der Waals surface area contributed by atoms with Gasteiger partial charge in [0.25, 0.3) is 15.9 Å². The Morgan fingerprint density at radius 2 is 2.05 bits per heavy atom. The second-order valence-corrected chi connectivity index (χ2v) is 7.33. The predicted molar refractivity (Wildman–Crippen MR) is 77.1 cm³/mol. The van der Waals surface area contributed by atoms with Crippen molar-refractivity contribution in [2.45, 2.75) is 11.3 Å². The Hall–Kier alpha value is -1.86. The summed E-state index contributed by atoms with van der Waals surface area (Å²) in [7, 11) is -3.76. The van der Waals surface area contributed by atoms with E-state index in [4.69, 9.17) is 5.73 Å². The minimum absolute atomic E-state index is 0.00804. The van der Waals surface area contributed by atoms with E-state index >= 15 is 0 Å². The number of sulfonamides is 1. The van der Waals surface area contributed by atoms with Crippen molar-refractivity contribution in [1.29, 1.82) is 0 Å². The van der Waals surface area contributed by atoms with E-state index < -0.39 is 15.9 Å². The number of benzene rings is 1. The van der Waals surface area contributed by atoms with Crippen molar-refractivity contribution >= 4 is 33.0 Å². The van der Waals surface area contributed by atoms with E-state index in [0.29, 0.717) is 12.1 Å². The predicted octanol–water partition coefficient (Wildman–Crippen LogP) is 1.72. The summed E-state index contributed by atoms with van der Waals surface area (Å²) in [5.41, 5.74) is 6.13. The van der Waals surface area contributed by atoms with E-state index in [1.807, 2.05) is 17.5 Å². The molecular formula is C13H12N2O3S2. The maximum Gasteiger partial charge on any atom is 0.269 e. The van der Waals surface area contributed by atoms with Gasteiger partial charge in [-0.3, -0.25) is 4.79 Å². The molecule has 0 aliphatic carbocycles. The fourth-order valence-corrected chi connectivity index (χ4v) is 4.48. The fourth-order valence-electron chi connectivity index (χ4n) is 2.18. The molecule has 20 heavy (non-hydrogen) atoms. The molecule has 0 saturated carbocycles. The molecule has 7 heteroatoms. The maximum absolute atomic E-state index is 12.4. The monoisotopic (exact) mass is 308 g/mol. The maximum atomic E-state index is 12.4. The molecule has 2 aromatic rings. The van der Waals surface area contributed by atoms with Gasteiger partial charge in [0.15, 0.2) is 0 Å². The van der Waals surface area contributed by atoms with Crippen LogP contribution in [0.2, 0.25) is 0 Å². The molecular weight excluding hydrogens is 296 g/mol. The molecule has 0 saturated heterocycles. The summed E-state index contributed by atoms with van der Waals surface area (Å²) in [6, 6.07) is 8.16. The molecule has 1 aliphatic rings. The van der Waals surface area contributed by atoms with E-state index in [1.54, 1.807) is 11.3 Å². The number of carbonyl (C=O) groups excluding carboxylic acids is 1. The molecule has 5 nitrogen and oxygen atoms in total. The van der Waals surface area contributed by atoms with E-state index in [2.05, 4.69) is 0 Å². The van der Waals surface area contributed by atoms with E-state index in [9.17, 15) is 13.2 Å². The summed E-state index contributed by atoms with van der Waals surface area (Å²) in [5.74, 6) is -0.475. The molecule has 1 aliphatic heterocycles. The molecule has 1 amide bonds. The second-order valence-electron chi connectivity index (χ2n) is 4.47. The number of nitrogen functional groups attached to an aromatic ring is 1. The number of hydrogen-bond acceptors (Lipinski definition) is 5. The van der Waals surface area contributed by atoms with Crippen molar-refractivity contribution in [1.82, 2.24) is 4.31 Å². The van der Waals surface area contributed by atoms with Crippen LogP contribution in [0.4, 0.5) is 5.69 Å². The molecule has 2 N–H and O–H groups in total. The first-order chi connectivity index (χ1) is 9.50. The van der Waals surface area contributed by atoms with Gasteiger partial charge in [-0.05, 0) is 29.6 Å². The van der Waals surface area contributed by atoms with Crippen molar-refractivity contribution in [3.05, 3.63) is 46.2 Å². The highest BCUT2D eigenvalue weighted by Crippen LogP contribution is 2.31. The minimum Gasteiger partial charge on any atom is -0.399 e. The number of amides is 1. The molecule has 2 heterocycles. The van der Waals surface area contributed by atoms with Crippen LogP contribution < -0.4 is 5.73 Å². The standard InChI is InChI=1S/C13H12N2O3S2/c14-9-3-4-11-12(8-9)20(17,18)15(13(11)16)6-5-10-2-1-7-19-10/h1-4,7-8H,5-6,14H2. The summed E-state index contributed by atoms with van der Waals surface area (Å²) >= 11 is 1.54. The van der Waals surface area contributed by atoms with Crippen molar-refractivity contribution in [2.75, 3.05) is 12.3 Å².